The zero-order valence-electron chi connectivity index (χ0n) is 12.7. The minimum absolute atomic E-state index is 0.527. The highest BCUT2D eigenvalue weighted by Crippen LogP contribution is 2.34. The van der Waals surface area contributed by atoms with Crippen LogP contribution in [0.15, 0.2) is 0 Å². The molecule has 0 aliphatic carbocycles. The summed E-state index contributed by atoms with van der Waals surface area (Å²) in [7, 11) is 0. The molecule has 0 aromatic carbocycles. The molecule has 1 fully saturated rings. The van der Waals surface area contributed by atoms with Crippen molar-refractivity contribution in [1.29, 1.82) is 0 Å². The molecule has 1 aliphatic rings. The van der Waals surface area contributed by atoms with Crippen molar-refractivity contribution >= 4 is 15.9 Å². The highest BCUT2D eigenvalue weighted by molar-refractivity contribution is 9.09. The lowest BCUT2D eigenvalue weighted by Gasteiger charge is -2.41. The van der Waals surface area contributed by atoms with Crippen LogP contribution >= 0.6 is 15.9 Å². The van der Waals surface area contributed by atoms with Gasteiger partial charge >= 0.3 is 0 Å². The van der Waals surface area contributed by atoms with Crippen molar-refractivity contribution < 1.29 is 0 Å². The molecule has 1 unspecified atom stereocenters. The van der Waals surface area contributed by atoms with Crippen molar-refractivity contribution in [2.24, 2.45) is 11.3 Å². The van der Waals surface area contributed by atoms with E-state index in [0.29, 0.717) is 5.41 Å². The maximum atomic E-state index is 3.81. The summed E-state index contributed by atoms with van der Waals surface area (Å²) in [6.07, 6.45) is 9.61. The summed E-state index contributed by atoms with van der Waals surface area (Å²) in [5.41, 5.74) is 0.527. The number of rotatable bonds is 8. The van der Waals surface area contributed by atoms with Crippen molar-refractivity contribution in [1.82, 2.24) is 4.90 Å². The van der Waals surface area contributed by atoms with E-state index < -0.39 is 0 Å². The first-order chi connectivity index (χ1) is 8.69. The van der Waals surface area contributed by atoms with E-state index in [9.17, 15) is 0 Å². The molecule has 1 heterocycles. The van der Waals surface area contributed by atoms with Gasteiger partial charge in [0.2, 0.25) is 0 Å². The fraction of sp³-hybridized carbons (Fsp3) is 1.00. The van der Waals surface area contributed by atoms with Crippen molar-refractivity contribution in [2.75, 3.05) is 25.0 Å². The second-order valence-electron chi connectivity index (χ2n) is 6.29. The van der Waals surface area contributed by atoms with Gasteiger partial charge in [-0.3, -0.25) is 0 Å². The zero-order chi connectivity index (χ0) is 13.4. The van der Waals surface area contributed by atoms with Crippen molar-refractivity contribution in [3.8, 4) is 0 Å². The highest BCUT2D eigenvalue weighted by Gasteiger charge is 2.31. The molecule has 0 radical (unpaired) electrons. The highest BCUT2D eigenvalue weighted by atomic mass is 79.9. The quantitative estimate of drug-likeness (QED) is 0.563. The normalized spacial score (nSPS) is 22.3. The van der Waals surface area contributed by atoms with E-state index in [1.54, 1.807) is 0 Å². The fourth-order valence-electron chi connectivity index (χ4n) is 3.62. The lowest BCUT2D eigenvalue weighted by molar-refractivity contribution is 0.101. The maximum absolute atomic E-state index is 3.81. The minimum Gasteiger partial charge on any atom is -0.302 e. The number of hydrogen-bond acceptors (Lipinski definition) is 1. The van der Waals surface area contributed by atoms with Gasteiger partial charge in [-0.25, -0.2) is 0 Å². The first kappa shape index (κ1) is 16.5. The Balaban J connectivity index is 2.58. The molecule has 18 heavy (non-hydrogen) atoms. The van der Waals surface area contributed by atoms with Gasteiger partial charge in [0.05, 0.1) is 0 Å². The maximum Gasteiger partial charge on any atom is 0.0100 e. The van der Waals surface area contributed by atoms with E-state index in [0.717, 1.165) is 5.92 Å². The number of piperidine rings is 1. The van der Waals surface area contributed by atoms with E-state index in [4.69, 9.17) is 0 Å². The number of alkyl halides is 1. The smallest absolute Gasteiger partial charge is 0.0100 e. The minimum atomic E-state index is 0.527. The summed E-state index contributed by atoms with van der Waals surface area (Å²) in [6, 6.07) is 0. The van der Waals surface area contributed by atoms with Crippen LogP contribution in [0.4, 0.5) is 0 Å². The second kappa shape index (κ2) is 8.58. The van der Waals surface area contributed by atoms with Crippen LogP contribution in [-0.2, 0) is 0 Å². The Labute approximate surface area is 123 Å². The summed E-state index contributed by atoms with van der Waals surface area (Å²) in [5.74, 6) is 0.954. The van der Waals surface area contributed by atoms with Crippen LogP contribution in [0.2, 0.25) is 0 Å². The monoisotopic (exact) mass is 317 g/mol. The summed E-state index contributed by atoms with van der Waals surface area (Å²) >= 11 is 3.81. The summed E-state index contributed by atoms with van der Waals surface area (Å²) in [4.78, 5) is 2.75. The SMILES string of the molecule is CCCC(CBr)(CCC)CN1CCCC(CC)C1. The van der Waals surface area contributed by atoms with Gasteiger partial charge in [0.15, 0.2) is 0 Å². The van der Waals surface area contributed by atoms with Gasteiger partial charge in [0.25, 0.3) is 0 Å². The summed E-state index contributed by atoms with van der Waals surface area (Å²) < 4.78 is 0. The average molecular weight is 318 g/mol. The van der Waals surface area contributed by atoms with Crippen LogP contribution in [0, 0.1) is 11.3 Å². The molecule has 1 nitrogen and oxygen atoms in total. The predicted octanol–water partition coefficient (Wildman–Crippen LogP) is 5.09. The van der Waals surface area contributed by atoms with Crippen molar-refractivity contribution in [3.05, 3.63) is 0 Å². The molecule has 0 aromatic rings. The van der Waals surface area contributed by atoms with Gasteiger partial charge in [-0.15, -0.1) is 0 Å². The van der Waals surface area contributed by atoms with Crippen LogP contribution < -0.4 is 0 Å². The first-order valence-corrected chi connectivity index (χ1v) is 9.10. The molecule has 0 spiro atoms. The zero-order valence-corrected chi connectivity index (χ0v) is 14.3. The predicted molar refractivity (Wildman–Crippen MR) is 85.5 cm³/mol. The second-order valence-corrected chi connectivity index (χ2v) is 6.85. The van der Waals surface area contributed by atoms with Crippen LogP contribution in [0.25, 0.3) is 0 Å². The lowest BCUT2D eigenvalue weighted by Crippen LogP contribution is -2.44. The molecule has 1 saturated heterocycles. The first-order valence-electron chi connectivity index (χ1n) is 7.98. The Morgan fingerprint density at radius 3 is 2.33 bits per heavy atom. The molecule has 0 saturated carbocycles. The van der Waals surface area contributed by atoms with Crippen molar-refractivity contribution in [2.45, 2.75) is 65.7 Å². The largest absolute Gasteiger partial charge is 0.302 e. The Morgan fingerprint density at radius 1 is 1.17 bits per heavy atom. The molecule has 0 aromatic heterocycles. The molecular weight excluding hydrogens is 286 g/mol. The third-order valence-electron chi connectivity index (χ3n) is 4.58. The standard InChI is InChI=1S/C16H32BrN/c1-4-9-16(13-17,10-5-2)14-18-11-7-8-15(6-3)12-18/h15H,4-14H2,1-3H3. The van der Waals surface area contributed by atoms with Gasteiger partial charge < -0.3 is 4.90 Å². The van der Waals surface area contributed by atoms with Crippen LogP contribution in [0.1, 0.15) is 65.7 Å². The third-order valence-corrected chi connectivity index (χ3v) is 5.77. The van der Waals surface area contributed by atoms with Gasteiger partial charge in [0.1, 0.15) is 0 Å². The fourth-order valence-corrected chi connectivity index (χ4v) is 4.36. The van der Waals surface area contributed by atoms with Gasteiger partial charge in [-0.2, -0.15) is 0 Å². The molecule has 108 valence electrons. The Hall–Kier alpha value is 0.440. The van der Waals surface area contributed by atoms with E-state index in [-0.39, 0.29) is 0 Å². The van der Waals surface area contributed by atoms with Gasteiger partial charge in [-0.05, 0) is 43.6 Å². The molecular formula is C16H32BrN. The topological polar surface area (TPSA) is 3.24 Å². The van der Waals surface area contributed by atoms with Crippen LogP contribution in [0.3, 0.4) is 0 Å². The molecule has 2 heteroatoms. The van der Waals surface area contributed by atoms with Gasteiger partial charge in [-0.1, -0.05) is 56.0 Å². The Kier molecular flexibility index (Phi) is 7.86. The lowest BCUT2D eigenvalue weighted by atomic mass is 9.80. The molecule has 0 N–H and O–H groups in total. The third kappa shape index (κ3) is 4.85. The molecule has 0 amide bonds. The molecule has 1 aliphatic heterocycles. The number of hydrogen-bond donors (Lipinski definition) is 0. The van der Waals surface area contributed by atoms with E-state index in [1.165, 1.54) is 69.9 Å². The van der Waals surface area contributed by atoms with Gasteiger partial charge in [0, 0.05) is 18.4 Å². The Morgan fingerprint density at radius 2 is 1.83 bits per heavy atom. The number of likely N-dealkylation sites (tertiary alicyclic amines) is 1. The van der Waals surface area contributed by atoms with Crippen LogP contribution in [0.5, 0.6) is 0 Å². The Bertz CT molecular complexity index is 211. The summed E-state index contributed by atoms with van der Waals surface area (Å²) in [5, 5.41) is 1.18. The number of nitrogens with zero attached hydrogens (tertiary/aromatic N) is 1. The molecule has 0 bridgehead atoms. The average Bonchev–Trinajstić information content (AvgIpc) is 2.39. The van der Waals surface area contributed by atoms with E-state index in [2.05, 4.69) is 41.6 Å². The number of halogens is 1. The molecule has 1 atom stereocenters. The van der Waals surface area contributed by atoms with E-state index in [1.807, 2.05) is 0 Å². The van der Waals surface area contributed by atoms with E-state index >= 15 is 0 Å². The summed E-state index contributed by atoms with van der Waals surface area (Å²) in [6.45, 7) is 11.0. The molecule has 1 rings (SSSR count). The van der Waals surface area contributed by atoms with Crippen LogP contribution in [-0.4, -0.2) is 29.9 Å². The van der Waals surface area contributed by atoms with Crippen molar-refractivity contribution in [3.63, 3.8) is 0 Å².